The molecule has 9 aromatic rings. The third kappa shape index (κ3) is 4.07. The van der Waals surface area contributed by atoms with Gasteiger partial charge in [0.25, 0.3) is 0 Å². The molecule has 46 heavy (non-hydrogen) atoms. The lowest BCUT2D eigenvalue weighted by atomic mass is 9.86. The molecule has 0 unspecified atom stereocenters. The van der Waals surface area contributed by atoms with Crippen LogP contribution in [0.15, 0.2) is 146 Å². The molecule has 2 aromatic heterocycles. The fourth-order valence-electron chi connectivity index (χ4n) is 7.28. The van der Waals surface area contributed by atoms with Crippen LogP contribution in [-0.4, -0.2) is 4.57 Å². The summed E-state index contributed by atoms with van der Waals surface area (Å²) in [4.78, 5) is 0. The zero-order chi connectivity index (χ0) is 31.0. The maximum Gasteiger partial charge on any atom is 0.0634 e. The van der Waals surface area contributed by atoms with Gasteiger partial charge in [0, 0.05) is 42.0 Å². The molecule has 7 aromatic carbocycles. The SMILES string of the molecule is CC(C)(C)c1ccc(-c2cccc3c2sc2c3c3ccccc3c3c2c2ccc(-c4ccccc4)cc2n3-c2ccccc2)cc1. The van der Waals surface area contributed by atoms with Gasteiger partial charge in [-0.15, -0.1) is 11.3 Å². The van der Waals surface area contributed by atoms with Crippen LogP contribution in [0.5, 0.6) is 0 Å². The molecule has 0 spiro atoms. The van der Waals surface area contributed by atoms with E-state index in [0.29, 0.717) is 0 Å². The molecule has 0 atom stereocenters. The minimum atomic E-state index is 0.125. The van der Waals surface area contributed by atoms with Crippen molar-refractivity contribution < 1.29 is 0 Å². The van der Waals surface area contributed by atoms with E-state index >= 15 is 0 Å². The largest absolute Gasteiger partial charge is 0.309 e. The average Bonchev–Trinajstić information content (AvgIpc) is 3.65. The van der Waals surface area contributed by atoms with Crippen LogP contribution < -0.4 is 0 Å². The van der Waals surface area contributed by atoms with Gasteiger partial charge < -0.3 is 4.57 Å². The van der Waals surface area contributed by atoms with E-state index in [0.717, 1.165) is 0 Å². The van der Waals surface area contributed by atoms with Crippen LogP contribution in [0, 0.1) is 0 Å². The minimum Gasteiger partial charge on any atom is -0.309 e. The number of hydrogen-bond donors (Lipinski definition) is 0. The third-order valence-electron chi connectivity index (χ3n) is 9.55. The van der Waals surface area contributed by atoms with Gasteiger partial charge in [-0.2, -0.15) is 0 Å². The molecule has 9 rings (SSSR count). The van der Waals surface area contributed by atoms with Crippen LogP contribution in [0.2, 0.25) is 0 Å². The minimum absolute atomic E-state index is 0.125. The Morgan fingerprint density at radius 2 is 1.13 bits per heavy atom. The summed E-state index contributed by atoms with van der Waals surface area (Å²) in [7, 11) is 0. The average molecular weight is 608 g/mol. The van der Waals surface area contributed by atoms with Gasteiger partial charge in [0.15, 0.2) is 0 Å². The van der Waals surface area contributed by atoms with Crippen LogP contribution in [0.1, 0.15) is 26.3 Å². The highest BCUT2D eigenvalue weighted by molar-refractivity contribution is 7.27. The van der Waals surface area contributed by atoms with Crippen molar-refractivity contribution in [3.8, 4) is 27.9 Å². The lowest BCUT2D eigenvalue weighted by molar-refractivity contribution is 0.590. The van der Waals surface area contributed by atoms with E-state index in [2.05, 4.69) is 171 Å². The van der Waals surface area contributed by atoms with Gasteiger partial charge >= 0.3 is 0 Å². The van der Waals surface area contributed by atoms with Gasteiger partial charge in [0.05, 0.1) is 11.0 Å². The maximum atomic E-state index is 2.50. The number of hydrogen-bond acceptors (Lipinski definition) is 1. The predicted octanol–water partition coefficient (Wildman–Crippen LogP) is 12.9. The van der Waals surface area contributed by atoms with Crippen molar-refractivity contribution in [2.45, 2.75) is 26.2 Å². The first-order chi connectivity index (χ1) is 22.5. The second-order valence-electron chi connectivity index (χ2n) is 13.4. The first kappa shape index (κ1) is 27.2. The Morgan fingerprint density at radius 1 is 0.478 bits per heavy atom. The number of para-hydroxylation sites is 1. The summed E-state index contributed by atoms with van der Waals surface area (Å²) in [5, 5.41) is 7.90. The van der Waals surface area contributed by atoms with Gasteiger partial charge in [-0.1, -0.05) is 148 Å². The normalized spacial score (nSPS) is 12.2. The monoisotopic (exact) mass is 607 g/mol. The van der Waals surface area contributed by atoms with E-state index in [-0.39, 0.29) is 5.41 Å². The Hall–Kier alpha value is -5.18. The van der Waals surface area contributed by atoms with Crippen molar-refractivity contribution in [3.05, 3.63) is 151 Å². The fraction of sp³-hybridized carbons (Fsp3) is 0.0909. The molecule has 0 fully saturated rings. The van der Waals surface area contributed by atoms with Crippen LogP contribution >= 0.6 is 11.3 Å². The highest BCUT2D eigenvalue weighted by Crippen LogP contribution is 2.50. The molecule has 0 N–H and O–H groups in total. The number of thiophene rings is 1. The van der Waals surface area contributed by atoms with Crippen LogP contribution in [-0.2, 0) is 5.41 Å². The lowest BCUT2D eigenvalue weighted by Crippen LogP contribution is -2.10. The van der Waals surface area contributed by atoms with Crippen LogP contribution in [0.3, 0.4) is 0 Å². The third-order valence-corrected chi connectivity index (χ3v) is 10.8. The number of aromatic nitrogens is 1. The molecule has 0 aliphatic heterocycles. The maximum absolute atomic E-state index is 2.50. The van der Waals surface area contributed by atoms with E-state index in [1.165, 1.54) is 86.3 Å². The van der Waals surface area contributed by atoms with Crippen LogP contribution in [0.25, 0.3) is 80.7 Å². The molecule has 0 aliphatic carbocycles. The summed E-state index contributed by atoms with van der Waals surface area (Å²) in [6, 6.07) is 53.7. The summed E-state index contributed by atoms with van der Waals surface area (Å²) in [5.41, 5.74) is 10.2. The van der Waals surface area contributed by atoms with Crippen molar-refractivity contribution in [2.75, 3.05) is 0 Å². The van der Waals surface area contributed by atoms with E-state index in [1.54, 1.807) is 0 Å². The van der Waals surface area contributed by atoms with Crippen molar-refractivity contribution in [1.29, 1.82) is 0 Å². The topological polar surface area (TPSA) is 4.93 Å². The Bertz CT molecular complexity index is 2580. The molecule has 0 saturated carbocycles. The Kier molecular flexibility index (Phi) is 6.00. The van der Waals surface area contributed by atoms with Crippen molar-refractivity contribution in [1.82, 2.24) is 4.57 Å². The Morgan fingerprint density at radius 3 is 1.87 bits per heavy atom. The van der Waals surface area contributed by atoms with Crippen molar-refractivity contribution in [3.63, 3.8) is 0 Å². The number of benzene rings is 7. The smallest absolute Gasteiger partial charge is 0.0634 e. The second kappa shape index (κ2) is 10.2. The van der Waals surface area contributed by atoms with Crippen molar-refractivity contribution in [2.24, 2.45) is 0 Å². The number of fused-ring (bicyclic) bond motifs is 10. The molecule has 2 heterocycles. The molecule has 0 aliphatic rings. The lowest BCUT2D eigenvalue weighted by Gasteiger charge is -2.19. The Balaban J connectivity index is 1.44. The first-order valence-electron chi connectivity index (χ1n) is 16.0. The zero-order valence-corrected chi connectivity index (χ0v) is 27.0. The quantitative estimate of drug-likeness (QED) is 0.188. The van der Waals surface area contributed by atoms with Crippen molar-refractivity contribution >= 4 is 64.1 Å². The highest BCUT2D eigenvalue weighted by atomic mass is 32.1. The summed E-state index contributed by atoms with van der Waals surface area (Å²) < 4.78 is 5.20. The standard InChI is InChI=1S/C44H33NS/c1-44(2,3)31-24-21-29(22-25-31)33-19-12-20-37-39-34-17-10-11-18-35(34)41-40(43(39)46-42(33)37)36-26-23-30(28-13-6-4-7-14-28)27-38(36)45(41)32-15-8-5-9-16-32/h4-27H,1-3H3. The Labute approximate surface area is 273 Å². The van der Waals surface area contributed by atoms with Gasteiger partial charge in [0.2, 0.25) is 0 Å². The molecular weight excluding hydrogens is 575 g/mol. The van der Waals surface area contributed by atoms with Gasteiger partial charge in [0.1, 0.15) is 0 Å². The second-order valence-corrected chi connectivity index (χ2v) is 14.4. The summed E-state index contributed by atoms with van der Waals surface area (Å²) in [5.74, 6) is 0. The molecule has 0 bridgehead atoms. The molecule has 220 valence electrons. The zero-order valence-electron chi connectivity index (χ0n) is 26.2. The number of rotatable bonds is 3. The molecule has 0 amide bonds. The summed E-state index contributed by atoms with van der Waals surface area (Å²) in [6.45, 7) is 6.83. The molecular formula is C44H33NS. The number of nitrogens with zero attached hydrogens (tertiary/aromatic N) is 1. The van der Waals surface area contributed by atoms with E-state index < -0.39 is 0 Å². The molecule has 2 heteroatoms. The summed E-state index contributed by atoms with van der Waals surface area (Å²) in [6.07, 6.45) is 0. The van der Waals surface area contributed by atoms with E-state index in [4.69, 9.17) is 0 Å². The van der Waals surface area contributed by atoms with Gasteiger partial charge in [-0.25, -0.2) is 0 Å². The van der Waals surface area contributed by atoms with E-state index in [9.17, 15) is 0 Å². The van der Waals surface area contributed by atoms with Gasteiger partial charge in [-0.3, -0.25) is 0 Å². The first-order valence-corrected chi connectivity index (χ1v) is 16.8. The van der Waals surface area contributed by atoms with E-state index in [1.807, 2.05) is 11.3 Å². The predicted molar refractivity (Wildman–Crippen MR) is 201 cm³/mol. The fourth-order valence-corrected chi connectivity index (χ4v) is 8.69. The van der Waals surface area contributed by atoms with Crippen LogP contribution in [0.4, 0.5) is 0 Å². The summed E-state index contributed by atoms with van der Waals surface area (Å²) >= 11 is 1.95. The molecule has 0 saturated heterocycles. The molecule has 1 nitrogen and oxygen atoms in total. The van der Waals surface area contributed by atoms with Gasteiger partial charge in [-0.05, 0) is 56.8 Å². The highest BCUT2D eigenvalue weighted by Gasteiger charge is 2.23. The molecule has 0 radical (unpaired) electrons.